The Kier molecular flexibility index (Phi) is 6.99. The number of unbranched alkanes of at least 4 members (excludes halogenated alkanes) is 2. The molecule has 0 spiro atoms. The van der Waals surface area contributed by atoms with Gasteiger partial charge >= 0.3 is 0 Å². The summed E-state index contributed by atoms with van der Waals surface area (Å²) in [6.45, 7) is 6.13. The van der Waals surface area contributed by atoms with Crippen LogP contribution in [0.2, 0.25) is 0 Å². The molecular formula is C31H32. The van der Waals surface area contributed by atoms with Gasteiger partial charge in [0.2, 0.25) is 0 Å². The largest absolute Gasteiger partial charge is 0.103 e. The Bertz CT molecular complexity index is 1150. The molecular weight excluding hydrogens is 372 g/mol. The zero-order valence-electron chi connectivity index (χ0n) is 18.6. The number of fused-ring (bicyclic) bond motifs is 1. The minimum atomic E-state index is 1.01. The van der Waals surface area contributed by atoms with E-state index in [-0.39, 0.29) is 0 Å². The molecule has 0 fully saturated rings. The lowest BCUT2D eigenvalue weighted by Crippen LogP contribution is -1.89. The summed E-state index contributed by atoms with van der Waals surface area (Å²) in [6, 6.07) is 31.5. The van der Waals surface area contributed by atoms with Crippen LogP contribution in [0.15, 0.2) is 97.6 Å². The van der Waals surface area contributed by atoms with E-state index in [4.69, 9.17) is 0 Å². The first-order valence-electron chi connectivity index (χ1n) is 11.6. The van der Waals surface area contributed by atoms with Gasteiger partial charge in [-0.1, -0.05) is 105 Å². The molecule has 0 heterocycles. The summed E-state index contributed by atoms with van der Waals surface area (Å²) in [5.74, 6) is 0. The number of hydrogen-bond donors (Lipinski definition) is 0. The number of hydrogen-bond acceptors (Lipinski definition) is 0. The zero-order valence-corrected chi connectivity index (χ0v) is 18.6. The molecule has 0 aromatic heterocycles. The first-order valence-corrected chi connectivity index (χ1v) is 11.6. The summed E-state index contributed by atoms with van der Waals surface area (Å²) in [6.07, 6.45) is 9.08. The van der Waals surface area contributed by atoms with Crippen molar-refractivity contribution in [2.45, 2.75) is 45.4 Å². The van der Waals surface area contributed by atoms with E-state index in [0.29, 0.717) is 0 Å². The van der Waals surface area contributed by atoms with Gasteiger partial charge in [-0.2, -0.15) is 0 Å². The molecule has 0 aliphatic carbocycles. The molecule has 0 N–H and O–H groups in total. The molecule has 0 heteroatoms. The molecule has 4 aromatic rings. The van der Waals surface area contributed by atoms with Crippen molar-refractivity contribution >= 4 is 10.8 Å². The number of rotatable bonds is 9. The van der Waals surface area contributed by atoms with Gasteiger partial charge in [0.15, 0.2) is 0 Å². The monoisotopic (exact) mass is 404 g/mol. The van der Waals surface area contributed by atoms with Crippen LogP contribution in [0, 0.1) is 0 Å². The fourth-order valence-electron chi connectivity index (χ4n) is 4.33. The van der Waals surface area contributed by atoms with E-state index in [0.717, 1.165) is 12.8 Å². The molecule has 4 aromatic carbocycles. The maximum Gasteiger partial charge on any atom is -0.0152 e. The minimum absolute atomic E-state index is 1.01. The van der Waals surface area contributed by atoms with Crippen molar-refractivity contribution in [1.29, 1.82) is 0 Å². The van der Waals surface area contributed by atoms with Crippen LogP contribution < -0.4 is 0 Å². The van der Waals surface area contributed by atoms with Crippen molar-refractivity contribution in [3.05, 3.63) is 109 Å². The standard InChI is InChI=1S/C31H32/c1-3-5-7-10-24-14-15-30-23-29(21-20-28(30)22-24)25-16-18-27(19-17-25)31-13-9-8-12-26(31)11-6-4-2/h4,8-9,12-23H,2-3,5-7,10-11H2,1H3. The SMILES string of the molecule is C=CCCc1ccccc1-c1ccc(-c2ccc3cc(CCCCC)ccc3c2)cc1. The van der Waals surface area contributed by atoms with Crippen LogP contribution in [0.5, 0.6) is 0 Å². The predicted molar refractivity (Wildman–Crippen MR) is 137 cm³/mol. The lowest BCUT2D eigenvalue weighted by atomic mass is 9.94. The van der Waals surface area contributed by atoms with Gasteiger partial charge < -0.3 is 0 Å². The molecule has 0 radical (unpaired) electrons. The van der Waals surface area contributed by atoms with Crippen molar-refractivity contribution in [1.82, 2.24) is 0 Å². The second-order valence-electron chi connectivity index (χ2n) is 8.42. The van der Waals surface area contributed by atoms with Crippen molar-refractivity contribution in [3.8, 4) is 22.3 Å². The van der Waals surface area contributed by atoms with Crippen LogP contribution in [-0.4, -0.2) is 0 Å². The highest BCUT2D eigenvalue weighted by atomic mass is 14.1. The van der Waals surface area contributed by atoms with Gasteiger partial charge in [-0.3, -0.25) is 0 Å². The van der Waals surface area contributed by atoms with Gasteiger partial charge in [0.05, 0.1) is 0 Å². The van der Waals surface area contributed by atoms with Crippen molar-refractivity contribution in [3.63, 3.8) is 0 Å². The van der Waals surface area contributed by atoms with Crippen LogP contribution in [-0.2, 0) is 12.8 Å². The first kappa shape index (κ1) is 21.1. The molecule has 0 unspecified atom stereocenters. The molecule has 31 heavy (non-hydrogen) atoms. The maximum atomic E-state index is 3.87. The Morgan fingerprint density at radius 3 is 2.19 bits per heavy atom. The zero-order chi connectivity index (χ0) is 21.5. The third kappa shape index (κ3) is 5.14. The van der Waals surface area contributed by atoms with E-state index in [1.165, 1.54) is 69.8 Å². The van der Waals surface area contributed by atoms with Crippen LogP contribution in [0.3, 0.4) is 0 Å². The molecule has 0 saturated carbocycles. The van der Waals surface area contributed by atoms with Gasteiger partial charge in [0.25, 0.3) is 0 Å². The molecule has 0 nitrogen and oxygen atoms in total. The number of allylic oxidation sites excluding steroid dienone is 1. The Labute approximate surface area is 187 Å². The third-order valence-corrected chi connectivity index (χ3v) is 6.14. The minimum Gasteiger partial charge on any atom is -0.103 e. The Hall–Kier alpha value is -3.12. The molecule has 0 bridgehead atoms. The quantitative estimate of drug-likeness (QED) is 0.193. The van der Waals surface area contributed by atoms with Gasteiger partial charge in [0, 0.05) is 0 Å². The average Bonchev–Trinajstić information content (AvgIpc) is 2.83. The van der Waals surface area contributed by atoms with Crippen LogP contribution in [0.4, 0.5) is 0 Å². The molecule has 0 atom stereocenters. The molecule has 0 saturated heterocycles. The molecule has 4 rings (SSSR count). The maximum absolute atomic E-state index is 3.87. The van der Waals surface area contributed by atoms with Crippen molar-refractivity contribution in [2.24, 2.45) is 0 Å². The van der Waals surface area contributed by atoms with Crippen LogP contribution >= 0.6 is 0 Å². The van der Waals surface area contributed by atoms with E-state index < -0.39 is 0 Å². The summed E-state index contributed by atoms with van der Waals surface area (Å²) in [5, 5.41) is 2.65. The summed E-state index contributed by atoms with van der Waals surface area (Å²) >= 11 is 0. The van der Waals surface area contributed by atoms with Crippen molar-refractivity contribution in [2.75, 3.05) is 0 Å². The fourth-order valence-corrected chi connectivity index (χ4v) is 4.33. The topological polar surface area (TPSA) is 0 Å². The number of aryl methyl sites for hydroxylation is 2. The fraction of sp³-hybridized carbons (Fsp3) is 0.226. The highest BCUT2D eigenvalue weighted by Gasteiger charge is 2.06. The van der Waals surface area contributed by atoms with E-state index in [1.54, 1.807) is 0 Å². The van der Waals surface area contributed by atoms with Gasteiger partial charge in [0.1, 0.15) is 0 Å². The Balaban J connectivity index is 1.56. The Morgan fingerprint density at radius 1 is 0.677 bits per heavy atom. The van der Waals surface area contributed by atoms with Gasteiger partial charge in [-0.25, -0.2) is 0 Å². The van der Waals surface area contributed by atoms with Gasteiger partial charge in [-0.05, 0) is 75.9 Å². The molecule has 0 aliphatic heterocycles. The smallest absolute Gasteiger partial charge is 0.0152 e. The summed E-state index contributed by atoms with van der Waals surface area (Å²) in [5.41, 5.74) is 7.98. The van der Waals surface area contributed by atoms with Gasteiger partial charge in [-0.15, -0.1) is 6.58 Å². The molecule has 156 valence electrons. The Morgan fingerprint density at radius 2 is 1.39 bits per heavy atom. The van der Waals surface area contributed by atoms with Crippen molar-refractivity contribution < 1.29 is 0 Å². The van der Waals surface area contributed by atoms with E-state index in [1.807, 2.05) is 6.08 Å². The predicted octanol–water partition coefficient (Wildman–Crippen LogP) is 9.03. The second-order valence-corrected chi connectivity index (χ2v) is 8.42. The van der Waals surface area contributed by atoms with Crippen LogP contribution in [0.1, 0.15) is 43.7 Å². The normalized spacial score (nSPS) is 11.0. The average molecular weight is 405 g/mol. The highest BCUT2D eigenvalue weighted by Crippen LogP contribution is 2.30. The molecule has 0 amide bonds. The van der Waals surface area contributed by atoms with E-state index >= 15 is 0 Å². The summed E-state index contributed by atoms with van der Waals surface area (Å²) < 4.78 is 0. The third-order valence-electron chi connectivity index (χ3n) is 6.14. The summed E-state index contributed by atoms with van der Waals surface area (Å²) in [4.78, 5) is 0. The van der Waals surface area contributed by atoms with E-state index in [9.17, 15) is 0 Å². The second kappa shape index (κ2) is 10.3. The lowest BCUT2D eigenvalue weighted by Gasteiger charge is -2.11. The number of benzene rings is 4. The first-order chi connectivity index (χ1) is 15.3. The molecule has 0 aliphatic rings. The van der Waals surface area contributed by atoms with Crippen LogP contribution in [0.25, 0.3) is 33.0 Å². The summed E-state index contributed by atoms with van der Waals surface area (Å²) in [7, 11) is 0. The highest BCUT2D eigenvalue weighted by molar-refractivity contribution is 5.88. The van der Waals surface area contributed by atoms with E-state index in [2.05, 4.69) is 98.4 Å². The lowest BCUT2D eigenvalue weighted by molar-refractivity contribution is 0.718.